The van der Waals surface area contributed by atoms with Crippen molar-refractivity contribution in [3.8, 4) is 44.6 Å². The number of fused-ring (bicyclic) bond motifs is 6. The van der Waals surface area contributed by atoms with E-state index >= 15 is 0 Å². The molecule has 212 valence electrons. The van der Waals surface area contributed by atoms with Gasteiger partial charge in [-0.25, -0.2) is 0 Å². The van der Waals surface area contributed by atoms with E-state index in [0.717, 1.165) is 5.69 Å². The summed E-state index contributed by atoms with van der Waals surface area (Å²) in [6, 6.07) is 53.4. The molecule has 0 spiro atoms. The molecule has 0 saturated carbocycles. The Morgan fingerprint density at radius 3 is 1.91 bits per heavy atom. The molecule has 45 heavy (non-hydrogen) atoms. The average molecular weight is 574 g/mol. The average Bonchev–Trinajstić information content (AvgIpc) is 3.32. The van der Waals surface area contributed by atoms with Gasteiger partial charge in [-0.2, -0.15) is 0 Å². The number of rotatable bonds is 3. The van der Waals surface area contributed by atoms with E-state index in [1.807, 2.05) is 12.3 Å². The van der Waals surface area contributed by atoms with Gasteiger partial charge >= 0.3 is 0 Å². The van der Waals surface area contributed by atoms with Gasteiger partial charge in [0.15, 0.2) is 0 Å². The molecule has 8 aromatic rings. The maximum Gasteiger partial charge on any atom is 0.0714 e. The molecule has 0 fully saturated rings. The molecule has 0 bridgehead atoms. The Morgan fingerprint density at radius 1 is 0.422 bits per heavy atom. The highest BCUT2D eigenvalue weighted by Crippen LogP contribution is 2.51. The van der Waals surface area contributed by atoms with Crippen molar-refractivity contribution in [2.75, 3.05) is 0 Å². The van der Waals surface area contributed by atoms with Crippen LogP contribution in [0.15, 0.2) is 152 Å². The molecule has 1 aliphatic carbocycles. The lowest BCUT2D eigenvalue weighted by Gasteiger charge is -2.23. The van der Waals surface area contributed by atoms with Crippen molar-refractivity contribution in [2.24, 2.45) is 0 Å². The number of benzene rings is 7. The maximum absolute atomic E-state index is 4.86. The van der Waals surface area contributed by atoms with Crippen molar-refractivity contribution < 1.29 is 0 Å². The lowest BCUT2D eigenvalue weighted by molar-refractivity contribution is 0.660. The predicted molar refractivity (Wildman–Crippen MR) is 191 cm³/mol. The molecule has 0 amide bonds. The molecule has 1 heteroatoms. The molecule has 1 heterocycles. The van der Waals surface area contributed by atoms with Crippen LogP contribution < -0.4 is 0 Å². The van der Waals surface area contributed by atoms with Crippen LogP contribution in [0.25, 0.3) is 77.0 Å². The minimum Gasteiger partial charge on any atom is -0.256 e. The molecular weight excluding hydrogens is 542 g/mol. The van der Waals surface area contributed by atoms with E-state index in [1.165, 1.54) is 82.4 Å². The normalized spacial score (nSPS) is 13.3. The van der Waals surface area contributed by atoms with E-state index in [1.54, 1.807) is 0 Å². The van der Waals surface area contributed by atoms with Gasteiger partial charge in [0, 0.05) is 17.2 Å². The van der Waals surface area contributed by atoms with E-state index < -0.39 is 0 Å². The van der Waals surface area contributed by atoms with E-state index in [2.05, 4.69) is 153 Å². The van der Waals surface area contributed by atoms with E-state index in [0.29, 0.717) is 0 Å². The molecule has 1 nitrogen and oxygen atoms in total. The Balaban J connectivity index is 1.39. The van der Waals surface area contributed by atoms with Gasteiger partial charge in [0.25, 0.3) is 0 Å². The van der Waals surface area contributed by atoms with Crippen LogP contribution in [-0.2, 0) is 5.41 Å². The molecule has 1 aromatic heterocycles. The molecule has 1 aliphatic rings. The third-order valence-corrected chi connectivity index (χ3v) is 9.92. The quantitative estimate of drug-likeness (QED) is 0.192. The molecule has 9 rings (SSSR count). The van der Waals surface area contributed by atoms with Crippen LogP contribution in [0.2, 0.25) is 0 Å². The summed E-state index contributed by atoms with van der Waals surface area (Å²) in [7, 11) is 0. The lowest BCUT2D eigenvalue weighted by atomic mass is 9.80. The number of nitrogens with zero attached hydrogens (tertiary/aromatic N) is 1. The first-order valence-electron chi connectivity index (χ1n) is 15.7. The molecule has 0 saturated heterocycles. The summed E-state index contributed by atoms with van der Waals surface area (Å²) < 4.78 is 0. The third kappa shape index (κ3) is 3.84. The molecule has 7 aromatic carbocycles. The van der Waals surface area contributed by atoms with Crippen LogP contribution in [0.1, 0.15) is 25.0 Å². The summed E-state index contributed by atoms with van der Waals surface area (Å²) in [4.78, 5) is 4.86. The van der Waals surface area contributed by atoms with Gasteiger partial charge in [-0.1, -0.05) is 135 Å². The highest BCUT2D eigenvalue weighted by Gasteiger charge is 2.35. The largest absolute Gasteiger partial charge is 0.256 e. The summed E-state index contributed by atoms with van der Waals surface area (Å²) >= 11 is 0. The highest BCUT2D eigenvalue weighted by molar-refractivity contribution is 6.22. The summed E-state index contributed by atoms with van der Waals surface area (Å²) in [5.74, 6) is 0. The van der Waals surface area contributed by atoms with Gasteiger partial charge in [0.05, 0.1) is 5.69 Å². The highest BCUT2D eigenvalue weighted by atomic mass is 14.7. The Labute approximate surface area is 263 Å². The number of hydrogen-bond acceptors (Lipinski definition) is 1. The summed E-state index contributed by atoms with van der Waals surface area (Å²) in [6.45, 7) is 4.72. The van der Waals surface area contributed by atoms with Crippen molar-refractivity contribution >= 4 is 32.3 Å². The standard InChI is InChI=1S/C44H31N/c1-44(2)39-19-8-7-15-33(39)34-23-22-30(27-40(34)44)42-35-16-5-6-17-36(35)43(41-20-9-10-25-45-41)37-24-21-29(26-38(37)42)32-18-11-13-28-12-3-4-14-31(28)32/h3-27H,1-2H3. The molecule has 0 unspecified atom stereocenters. The Morgan fingerprint density at radius 2 is 1.07 bits per heavy atom. The van der Waals surface area contributed by atoms with Crippen LogP contribution >= 0.6 is 0 Å². The Bertz CT molecular complexity index is 2440. The molecule has 0 N–H and O–H groups in total. The van der Waals surface area contributed by atoms with Crippen molar-refractivity contribution in [3.63, 3.8) is 0 Å². The monoisotopic (exact) mass is 573 g/mol. The third-order valence-electron chi connectivity index (χ3n) is 9.92. The summed E-state index contributed by atoms with van der Waals surface area (Å²) in [5, 5.41) is 7.45. The minimum absolute atomic E-state index is 0.0739. The zero-order valence-electron chi connectivity index (χ0n) is 25.4. The van der Waals surface area contributed by atoms with Crippen molar-refractivity contribution in [1.82, 2.24) is 4.98 Å². The first kappa shape index (κ1) is 25.9. The second kappa shape index (κ2) is 9.74. The van der Waals surface area contributed by atoms with Gasteiger partial charge in [-0.3, -0.25) is 4.98 Å². The van der Waals surface area contributed by atoms with Gasteiger partial charge in [0.2, 0.25) is 0 Å². The number of hydrogen-bond donors (Lipinski definition) is 0. The minimum atomic E-state index is -0.0739. The lowest BCUT2D eigenvalue weighted by Crippen LogP contribution is -2.14. The smallest absolute Gasteiger partial charge is 0.0714 e. The zero-order chi connectivity index (χ0) is 30.1. The maximum atomic E-state index is 4.86. The topological polar surface area (TPSA) is 12.9 Å². The Kier molecular flexibility index (Phi) is 5.61. The fourth-order valence-corrected chi connectivity index (χ4v) is 7.78. The fraction of sp³-hybridized carbons (Fsp3) is 0.0682. The van der Waals surface area contributed by atoms with E-state index in [9.17, 15) is 0 Å². The first-order valence-corrected chi connectivity index (χ1v) is 15.7. The summed E-state index contributed by atoms with van der Waals surface area (Å²) in [5.41, 5.74) is 12.6. The van der Waals surface area contributed by atoms with Crippen molar-refractivity contribution in [2.45, 2.75) is 19.3 Å². The van der Waals surface area contributed by atoms with Crippen LogP contribution in [0.4, 0.5) is 0 Å². The van der Waals surface area contributed by atoms with Gasteiger partial charge in [-0.15, -0.1) is 0 Å². The van der Waals surface area contributed by atoms with Gasteiger partial charge < -0.3 is 0 Å². The Hall–Kier alpha value is -5.53. The molecule has 0 atom stereocenters. The second-order valence-electron chi connectivity index (χ2n) is 12.7. The van der Waals surface area contributed by atoms with Crippen molar-refractivity contribution in [1.29, 1.82) is 0 Å². The van der Waals surface area contributed by atoms with E-state index in [-0.39, 0.29) is 5.41 Å². The van der Waals surface area contributed by atoms with Crippen LogP contribution in [0.5, 0.6) is 0 Å². The number of pyridine rings is 1. The molecular formula is C44H31N. The molecule has 0 aliphatic heterocycles. The SMILES string of the molecule is CC1(C)c2ccccc2-c2ccc(-c3c4ccccc4c(-c4ccccn4)c4ccc(-c5cccc6ccccc56)cc34)cc21. The fourth-order valence-electron chi connectivity index (χ4n) is 7.78. The molecule has 0 radical (unpaired) electrons. The van der Waals surface area contributed by atoms with Gasteiger partial charge in [-0.05, 0) is 101 Å². The zero-order valence-corrected chi connectivity index (χ0v) is 25.4. The summed E-state index contributed by atoms with van der Waals surface area (Å²) in [6.07, 6.45) is 1.90. The van der Waals surface area contributed by atoms with Crippen molar-refractivity contribution in [3.05, 3.63) is 163 Å². The van der Waals surface area contributed by atoms with Crippen LogP contribution in [0.3, 0.4) is 0 Å². The number of aromatic nitrogens is 1. The predicted octanol–water partition coefficient (Wildman–Crippen LogP) is 11.8. The van der Waals surface area contributed by atoms with Crippen LogP contribution in [-0.4, -0.2) is 4.98 Å². The first-order chi connectivity index (χ1) is 22.1. The second-order valence-corrected chi connectivity index (χ2v) is 12.7. The van der Waals surface area contributed by atoms with E-state index in [4.69, 9.17) is 4.98 Å². The van der Waals surface area contributed by atoms with Gasteiger partial charge in [0.1, 0.15) is 0 Å². The van der Waals surface area contributed by atoms with Crippen LogP contribution in [0, 0.1) is 0 Å².